The zero-order chi connectivity index (χ0) is 11.3. The Hall–Kier alpha value is -1.21. The van der Waals surface area contributed by atoms with Gasteiger partial charge in [0, 0.05) is 17.1 Å². The van der Waals surface area contributed by atoms with Gasteiger partial charge in [-0.1, -0.05) is 17.7 Å². The third kappa shape index (κ3) is 3.14. The molecule has 0 aliphatic rings. The molecule has 1 atom stereocenters. The van der Waals surface area contributed by atoms with Crippen molar-refractivity contribution in [3.63, 3.8) is 0 Å². The number of nitrogens with two attached hydrogens (primary N) is 2. The van der Waals surface area contributed by atoms with Crippen LogP contribution < -0.4 is 17.0 Å². The summed E-state index contributed by atoms with van der Waals surface area (Å²) in [5.74, 6) is 11.2. The molecule has 0 fully saturated rings. The number of hydrogen-bond acceptors (Lipinski definition) is 3. The molecule has 0 amide bonds. The van der Waals surface area contributed by atoms with Gasteiger partial charge >= 0.3 is 0 Å². The molecule has 15 heavy (non-hydrogen) atoms. The Balaban J connectivity index is 2.94. The molecular weight excluding hydrogens is 210 g/mol. The third-order valence-corrected chi connectivity index (χ3v) is 2.34. The number of rotatable bonds is 3. The van der Waals surface area contributed by atoms with Crippen LogP contribution in [0.5, 0.6) is 0 Å². The SMILES string of the molecule is CC#CCC(NN)c1ccc(Cl)cc1N. The van der Waals surface area contributed by atoms with Crippen molar-refractivity contribution in [3.05, 3.63) is 28.8 Å². The van der Waals surface area contributed by atoms with Crippen LogP contribution in [0, 0.1) is 11.8 Å². The van der Waals surface area contributed by atoms with Crippen molar-refractivity contribution >= 4 is 17.3 Å². The highest BCUT2D eigenvalue weighted by atomic mass is 35.5. The molecule has 1 aromatic carbocycles. The zero-order valence-corrected chi connectivity index (χ0v) is 9.31. The molecule has 3 nitrogen and oxygen atoms in total. The van der Waals surface area contributed by atoms with E-state index in [2.05, 4.69) is 17.3 Å². The second-order valence-corrected chi connectivity index (χ2v) is 3.56. The van der Waals surface area contributed by atoms with E-state index in [1.807, 2.05) is 6.07 Å². The van der Waals surface area contributed by atoms with Crippen molar-refractivity contribution in [2.24, 2.45) is 5.84 Å². The van der Waals surface area contributed by atoms with Gasteiger partial charge in [-0.2, -0.15) is 0 Å². The summed E-state index contributed by atoms with van der Waals surface area (Å²) in [5, 5.41) is 0.619. The van der Waals surface area contributed by atoms with Gasteiger partial charge in [0.25, 0.3) is 0 Å². The largest absolute Gasteiger partial charge is 0.398 e. The lowest BCUT2D eigenvalue weighted by molar-refractivity contribution is 0.569. The number of hydrogen-bond donors (Lipinski definition) is 3. The van der Waals surface area contributed by atoms with E-state index in [4.69, 9.17) is 23.2 Å². The van der Waals surface area contributed by atoms with E-state index in [9.17, 15) is 0 Å². The molecule has 0 saturated carbocycles. The van der Waals surface area contributed by atoms with Gasteiger partial charge in [-0.05, 0) is 24.6 Å². The summed E-state index contributed by atoms with van der Waals surface area (Å²) in [6.45, 7) is 1.79. The average Bonchev–Trinajstić information content (AvgIpc) is 2.21. The smallest absolute Gasteiger partial charge is 0.0589 e. The van der Waals surface area contributed by atoms with Crippen LogP contribution in [0.15, 0.2) is 18.2 Å². The third-order valence-electron chi connectivity index (χ3n) is 2.11. The number of nitrogen functional groups attached to an aromatic ring is 1. The molecule has 1 rings (SSSR count). The van der Waals surface area contributed by atoms with Crippen LogP contribution in [-0.2, 0) is 0 Å². The molecule has 0 spiro atoms. The van der Waals surface area contributed by atoms with E-state index in [0.717, 1.165) is 5.56 Å². The molecule has 0 heterocycles. The normalized spacial score (nSPS) is 11.7. The van der Waals surface area contributed by atoms with Gasteiger partial charge in [-0.3, -0.25) is 11.3 Å². The molecule has 1 unspecified atom stereocenters. The summed E-state index contributed by atoms with van der Waals surface area (Å²) in [6.07, 6.45) is 0.624. The van der Waals surface area contributed by atoms with Crippen molar-refractivity contribution in [2.75, 3.05) is 5.73 Å². The van der Waals surface area contributed by atoms with Crippen LogP contribution in [-0.4, -0.2) is 0 Å². The van der Waals surface area contributed by atoms with Crippen molar-refractivity contribution < 1.29 is 0 Å². The fourth-order valence-electron chi connectivity index (χ4n) is 1.33. The quantitative estimate of drug-likeness (QED) is 0.317. The molecular formula is C11H14ClN3. The van der Waals surface area contributed by atoms with Gasteiger partial charge in [0.2, 0.25) is 0 Å². The molecule has 5 N–H and O–H groups in total. The van der Waals surface area contributed by atoms with Gasteiger partial charge in [-0.25, -0.2) is 0 Å². The maximum Gasteiger partial charge on any atom is 0.0589 e. The van der Waals surface area contributed by atoms with Gasteiger partial charge in [0.05, 0.1) is 6.04 Å². The van der Waals surface area contributed by atoms with Crippen LogP contribution >= 0.6 is 11.6 Å². The van der Waals surface area contributed by atoms with Gasteiger partial charge < -0.3 is 5.73 Å². The van der Waals surface area contributed by atoms with Crippen LogP contribution in [0.1, 0.15) is 24.9 Å². The molecule has 0 radical (unpaired) electrons. The molecule has 0 bridgehead atoms. The number of halogens is 1. The van der Waals surface area contributed by atoms with Crippen molar-refractivity contribution in [2.45, 2.75) is 19.4 Å². The Labute approximate surface area is 94.8 Å². The van der Waals surface area contributed by atoms with Gasteiger partial charge in [-0.15, -0.1) is 11.8 Å². The highest BCUT2D eigenvalue weighted by molar-refractivity contribution is 6.30. The summed E-state index contributed by atoms with van der Waals surface area (Å²) in [6, 6.07) is 5.30. The maximum absolute atomic E-state index is 5.84. The van der Waals surface area contributed by atoms with Gasteiger partial charge in [0.15, 0.2) is 0 Å². The molecule has 0 aromatic heterocycles. The predicted octanol–water partition coefficient (Wildman–Crippen LogP) is 1.84. The lowest BCUT2D eigenvalue weighted by Crippen LogP contribution is -2.28. The van der Waals surface area contributed by atoms with E-state index < -0.39 is 0 Å². The molecule has 4 heteroatoms. The fourth-order valence-corrected chi connectivity index (χ4v) is 1.51. The Kier molecular flexibility index (Phi) is 4.44. The number of anilines is 1. The summed E-state index contributed by atoms with van der Waals surface area (Å²) in [4.78, 5) is 0. The zero-order valence-electron chi connectivity index (χ0n) is 8.55. The lowest BCUT2D eigenvalue weighted by atomic mass is 10.0. The van der Waals surface area contributed by atoms with Crippen molar-refractivity contribution in [1.82, 2.24) is 5.43 Å². The minimum atomic E-state index is -0.0604. The number of benzene rings is 1. The van der Waals surface area contributed by atoms with E-state index in [-0.39, 0.29) is 6.04 Å². The highest BCUT2D eigenvalue weighted by Gasteiger charge is 2.11. The Morgan fingerprint density at radius 1 is 1.53 bits per heavy atom. The second kappa shape index (κ2) is 5.62. The summed E-state index contributed by atoms with van der Waals surface area (Å²) in [7, 11) is 0. The van der Waals surface area contributed by atoms with E-state index in [1.165, 1.54) is 0 Å². The Morgan fingerprint density at radius 3 is 2.80 bits per heavy atom. The fraction of sp³-hybridized carbons (Fsp3) is 0.273. The van der Waals surface area contributed by atoms with Crippen molar-refractivity contribution in [3.8, 4) is 11.8 Å². The second-order valence-electron chi connectivity index (χ2n) is 3.12. The molecule has 0 aliphatic heterocycles. The van der Waals surface area contributed by atoms with Crippen LogP contribution in [0.3, 0.4) is 0 Å². The minimum Gasteiger partial charge on any atom is -0.398 e. The molecule has 80 valence electrons. The number of nitrogens with one attached hydrogen (secondary N) is 1. The van der Waals surface area contributed by atoms with Crippen molar-refractivity contribution in [1.29, 1.82) is 0 Å². The lowest BCUT2D eigenvalue weighted by Gasteiger charge is -2.15. The van der Waals surface area contributed by atoms with Crippen LogP contribution in [0.2, 0.25) is 5.02 Å². The first-order valence-electron chi connectivity index (χ1n) is 4.59. The Bertz CT molecular complexity index is 393. The Morgan fingerprint density at radius 2 is 2.27 bits per heavy atom. The van der Waals surface area contributed by atoms with E-state index in [1.54, 1.807) is 19.1 Å². The monoisotopic (exact) mass is 223 g/mol. The number of hydrazine groups is 1. The van der Waals surface area contributed by atoms with Crippen LogP contribution in [0.4, 0.5) is 5.69 Å². The summed E-state index contributed by atoms with van der Waals surface area (Å²) < 4.78 is 0. The van der Waals surface area contributed by atoms with Crippen LogP contribution in [0.25, 0.3) is 0 Å². The standard InChI is InChI=1S/C11H14ClN3/c1-2-3-4-11(15-14)9-6-5-8(12)7-10(9)13/h5-7,11,15H,4,13-14H2,1H3. The van der Waals surface area contributed by atoms with E-state index in [0.29, 0.717) is 17.1 Å². The summed E-state index contributed by atoms with van der Waals surface area (Å²) >= 11 is 5.81. The molecule has 0 aliphatic carbocycles. The first-order chi connectivity index (χ1) is 7.19. The van der Waals surface area contributed by atoms with Gasteiger partial charge in [0.1, 0.15) is 0 Å². The first kappa shape index (κ1) is 11.9. The first-order valence-corrected chi connectivity index (χ1v) is 4.97. The topological polar surface area (TPSA) is 64.1 Å². The van der Waals surface area contributed by atoms with E-state index >= 15 is 0 Å². The molecule has 1 aromatic rings. The predicted molar refractivity (Wildman–Crippen MR) is 64.0 cm³/mol. The average molecular weight is 224 g/mol. The minimum absolute atomic E-state index is 0.0604. The maximum atomic E-state index is 5.84. The highest BCUT2D eigenvalue weighted by Crippen LogP contribution is 2.25. The summed E-state index contributed by atoms with van der Waals surface area (Å²) in [5.41, 5.74) is 10.1. The molecule has 0 saturated heterocycles.